The summed E-state index contributed by atoms with van der Waals surface area (Å²) < 4.78 is 10.8. The topological polar surface area (TPSA) is 84.2 Å². The van der Waals surface area contributed by atoms with Gasteiger partial charge in [-0.2, -0.15) is 5.26 Å². The van der Waals surface area contributed by atoms with Gasteiger partial charge < -0.3 is 14.8 Å². The fourth-order valence-electron chi connectivity index (χ4n) is 3.30. The first-order valence-corrected chi connectivity index (χ1v) is 9.25. The lowest BCUT2D eigenvalue weighted by atomic mass is 9.95. The van der Waals surface area contributed by atoms with Crippen molar-refractivity contribution >= 4 is 6.09 Å². The summed E-state index contributed by atoms with van der Waals surface area (Å²) in [5, 5.41) is 12.1. The maximum absolute atomic E-state index is 12.0. The Morgan fingerprint density at radius 1 is 1.07 bits per heavy atom. The number of carbonyl (C=O) groups excluding carboxylic acids is 1. The van der Waals surface area contributed by atoms with E-state index in [2.05, 4.69) is 28.2 Å². The van der Waals surface area contributed by atoms with Gasteiger partial charge in [0.15, 0.2) is 6.10 Å². The molecule has 0 radical (unpaired) electrons. The molecular formula is C24H17N3O3. The van der Waals surface area contributed by atoms with Crippen LogP contribution in [0.1, 0.15) is 40.0 Å². The van der Waals surface area contributed by atoms with E-state index in [1.165, 1.54) is 6.20 Å². The monoisotopic (exact) mass is 395 g/mol. The molecule has 4 rings (SSSR count). The van der Waals surface area contributed by atoms with Gasteiger partial charge in [0.2, 0.25) is 0 Å². The molecular weight excluding hydrogens is 378 g/mol. The average Bonchev–Trinajstić information content (AvgIpc) is 3.20. The zero-order valence-electron chi connectivity index (χ0n) is 16.1. The van der Waals surface area contributed by atoms with Crippen molar-refractivity contribution in [3.63, 3.8) is 0 Å². The van der Waals surface area contributed by atoms with Gasteiger partial charge in [0, 0.05) is 23.5 Å². The van der Waals surface area contributed by atoms with Gasteiger partial charge in [-0.25, -0.2) is 4.79 Å². The SMILES string of the molecule is COc1cccc([C@H]2OC(=O)N[C@@H]2c2cccc(C#Cc3ccncc3C#N)c2)c1. The van der Waals surface area contributed by atoms with Crippen LogP contribution in [0.3, 0.4) is 0 Å². The van der Waals surface area contributed by atoms with Crippen LogP contribution in [-0.4, -0.2) is 18.2 Å². The van der Waals surface area contributed by atoms with Gasteiger partial charge in [0.05, 0.1) is 18.7 Å². The number of nitriles is 1. The summed E-state index contributed by atoms with van der Waals surface area (Å²) in [7, 11) is 1.60. The van der Waals surface area contributed by atoms with E-state index in [0.29, 0.717) is 16.9 Å². The molecule has 2 heterocycles. The summed E-state index contributed by atoms with van der Waals surface area (Å²) in [5.74, 6) is 6.79. The summed E-state index contributed by atoms with van der Waals surface area (Å²) in [6.45, 7) is 0. The van der Waals surface area contributed by atoms with E-state index in [1.807, 2.05) is 48.5 Å². The van der Waals surface area contributed by atoms with Gasteiger partial charge >= 0.3 is 6.09 Å². The highest BCUT2D eigenvalue weighted by Gasteiger charge is 2.36. The second-order valence-electron chi connectivity index (χ2n) is 6.63. The Labute approximate surface area is 174 Å². The Morgan fingerprint density at radius 3 is 2.73 bits per heavy atom. The van der Waals surface area contributed by atoms with Crippen LogP contribution in [0, 0.1) is 23.2 Å². The molecule has 2 aromatic carbocycles. The van der Waals surface area contributed by atoms with Crippen LogP contribution in [-0.2, 0) is 4.74 Å². The molecule has 1 amide bonds. The molecule has 0 aliphatic carbocycles. The van der Waals surface area contributed by atoms with Gasteiger partial charge in [-0.3, -0.25) is 4.98 Å². The number of nitrogens with zero attached hydrogens (tertiary/aromatic N) is 2. The molecule has 2 atom stereocenters. The standard InChI is InChI=1S/C24H17N3O3/c1-29-21-7-3-6-19(13-21)23-22(27-24(28)30-23)18-5-2-4-16(12-18)8-9-17-10-11-26-15-20(17)14-25/h2-7,10-13,15,22-23H,1H3,(H,27,28)/t22-,23-/m1/s1. The number of rotatable bonds is 3. The number of pyridine rings is 1. The van der Waals surface area contributed by atoms with Gasteiger partial charge in [0.1, 0.15) is 11.8 Å². The molecule has 0 spiro atoms. The normalized spacial score (nSPS) is 17.1. The third-order valence-corrected chi connectivity index (χ3v) is 4.76. The van der Waals surface area contributed by atoms with Crippen LogP contribution >= 0.6 is 0 Å². The lowest BCUT2D eigenvalue weighted by molar-refractivity contribution is 0.132. The van der Waals surface area contributed by atoms with Crippen molar-refractivity contribution in [1.82, 2.24) is 10.3 Å². The maximum Gasteiger partial charge on any atom is 0.408 e. The molecule has 1 aliphatic heterocycles. The van der Waals surface area contributed by atoms with E-state index in [0.717, 1.165) is 16.7 Å². The van der Waals surface area contributed by atoms with E-state index < -0.39 is 12.2 Å². The summed E-state index contributed by atoms with van der Waals surface area (Å²) in [6.07, 6.45) is 2.14. The number of alkyl carbamates (subject to hydrolysis) is 1. The van der Waals surface area contributed by atoms with Crippen molar-refractivity contribution in [3.05, 3.63) is 94.8 Å². The highest BCUT2D eigenvalue weighted by molar-refractivity contribution is 5.71. The van der Waals surface area contributed by atoms with Crippen molar-refractivity contribution in [2.75, 3.05) is 7.11 Å². The van der Waals surface area contributed by atoms with Crippen LogP contribution in [0.4, 0.5) is 4.79 Å². The molecule has 1 saturated heterocycles. The Balaban J connectivity index is 1.65. The van der Waals surface area contributed by atoms with Gasteiger partial charge in [-0.1, -0.05) is 36.1 Å². The van der Waals surface area contributed by atoms with Crippen molar-refractivity contribution < 1.29 is 14.3 Å². The van der Waals surface area contributed by atoms with Crippen LogP contribution < -0.4 is 10.1 Å². The molecule has 6 nitrogen and oxygen atoms in total. The lowest BCUT2D eigenvalue weighted by Crippen LogP contribution is -2.19. The second kappa shape index (κ2) is 8.38. The number of nitrogens with one attached hydrogen (secondary N) is 1. The second-order valence-corrected chi connectivity index (χ2v) is 6.63. The zero-order valence-corrected chi connectivity index (χ0v) is 16.1. The largest absolute Gasteiger partial charge is 0.497 e. The summed E-state index contributed by atoms with van der Waals surface area (Å²) in [6, 6.07) is 18.5. The minimum absolute atomic E-state index is 0.359. The molecule has 6 heteroatoms. The highest BCUT2D eigenvalue weighted by atomic mass is 16.6. The van der Waals surface area contributed by atoms with Crippen LogP contribution in [0.2, 0.25) is 0 Å². The fourth-order valence-corrected chi connectivity index (χ4v) is 3.30. The van der Waals surface area contributed by atoms with Crippen molar-refractivity contribution in [3.8, 4) is 23.7 Å². The summed E-state index contributed by atoms with van der Waals surface area (Å²) >= 11 is 0. The third-order valence-electron chi connectivity index (χ3n) is 4.76. The molecule has 1 aromatic heterocycles. The minimum Gasteiger partial charge on any atom is -0.497 e. The van der Waals surface area contributed by atoms with E-state index in [-0.39, 0.29) is 6.04 Å². The number of cyclic esters (lactones) is 1. The van der Waals surface area contributed by atoms with Crippen LogP contribution in [0.15, 0.2) is 67.0 Å². The number of methoxy groups -OCH3 is 1. The number of amides is 1. The number of aromatic nitrogens is 1. The number of benzene rings is 2. The van der Waals surface area contributed by atoms with Crippen molar-refractivity contribution in [2.45, 2.75) is 12.1 Å². The summed E-state index contributed by atoms with van der Waals surface area (Å²) in [4.78, 5) is 15.9. The lowest BCUT2D eigenvalue weighted by Gasteiger charge is -2.18. The molecule has 0 saturated carbocycles. The maximum atomic E-state index is 12.0. The van der Waals surface area contributed by atoms with Gasteiger partial charge in [-0.15, -0.1) is 0 Å². The molecule has 1 fully saturated rings. The number of hydrogen-bond donors (Lipinski definition) is 1. The predicted octanol–water partition coefficient (Wildman–Crippen LogP) is 3.88. The molecule has 30 heavy (non-hydrogen) atoms. The quantitative estimate of drug-likeness (QED) is 0.681. The first kappa shape index (κ1) is 19.0. The molecule has 3 aromatic rings. The van der Waals surface area contributed by atoms with E-state index >= 15 is 0 Å². The first-order valence-electron chi connectivity index (χ1n) is 9.25. The first-order chi connectivity index (χ1) is 14.7. The smallest absolute Gasteiger partial charge is 0.408 e. The summed E-state index contributed by atoms with van der Waals surface area (Å²) in [5.41, 5.74) is 3.51. The van der Waals surface area contributed by atoms with Gasteiger partial charge in [0.25, 0.3) is 0 Å². The zero-order chi connectivity index (χ0) is 20.9. The highest BCUT2D eigenvalue weighted by Crippen LogP contribution is 2.37. The molecule has 1 aliphatic rings. The number of carbonyl (C=O) groups is 1. The number of hydrogen-bond acceptors (Lipinski definition) is 5. The minimum atomic E-state index is -0.485. The Morgan fingerprint density at radius 2 is 1.90 bits per heavy atom. The van der Waals surface area contributed by atoms with E-state index in [9.17, 15) is 10.1 Å². The Hall–Kier alpha value is -4.29. The fraction of sp³-hybridized carbons (Fsp3) is 0.125. The molecule has 1 N–H and O–H groups in total. The Bertz CT molecular complexity index is 1200. The van der Waals surface area contributed by atoms with Crippen LogP contribution in [0.25, 0.3) is 0 Å². The molecule has 0 bridgehead atoms. The van der Waals surface area contributed by atoms with Crippen molar-refractivity contribution in [1.29, 1.82) is 5.26 Å². The van der Waals surface area contributed by atoms with Crippen LogP contribution in [0.5, 0.6) is 5.75 Å². The van der Waals surface area contributed by atoms with Crippen molar-refractivity contribution in [2.24, 2.45) is 0 Å². The average molecular weight is 395 g/mol. The van der Waals surface area contributed by atoms with E-state index in [1.54, 1.807) is 19.4 Å². The third kappa shape index (κ3) is 3.94. The van der Waals surface area contributed by atoms with E-state index in [4.69, 9.17) is 9.47 Å². The Kier molecular flexibility index (Phi) is 5.32. The molecule has 0 unspecified atom stereocenters. The van der Waals surface area contributed by atoms with Gasteiger partial charge in [-0.05, 0) is 41.5 Å². The predicted molar refractivity (Wildman–Crippen MR) is 109 cm³/mol. The molecule has 146 valence electrons. The number of ether oxygens (including phenoxy) is 2.